The Morgan fingerprint density at radius 1 is 0.913 bits per heavy atom. The number of aliphatic carboxylic acids is 1. The van der Waals surface area contributed by atoms with Crippen LogP contribution in [-0.2, 0) is 17.9 Å². The first-order valence-electron chi connectivity index (χ1n) is 8.04. The van der Waals surface area contributed by atoms with E-state index in [4.69, 9.17) is 9.90 Å². The Morgan fingerprint density at radius 3 is 1.57 bits per heavy atom. The number of carbonyl (C=O) groups excluding carboxylic acids is 1. The molecule has 0 unspecified atom stereocenters. The van der Waals surface area contributed by atoms with E-state index in [-0.39, 0.29) is 0 Å². The Labute approximate surface area is 139 Å². The average Bonchev–Trinajstić information content (AvgIpc) is 2.48. The fraction of sp³-hybridized carbons (Fsp3) is 0.350. The monoisotopic (exact) mass is 313 g/mol. The Bertz CT molecular complexity index is 521. The molecule has 2 aromatic rings. The normalized spacial score (nSPS) is 10.6. The maximum absolute atomic E-state index is 8.89. The SMILES string of the molecule is CC(=O)[O-].CCC[N+](C)(Cc1ccccc1)Cc1ccccc1. The molecule has 0 heterocycles. The summed E-state index contributed by atoms with van der Waals surface area (Å²) in [6.45, 7) is 6.66. The van der Waals surface area contributed by atoms with Gasteiger partial charge in [0, 0.05) is 17.1 Å². The van der Waals surface area contributed by atoms with Gasteiger partial charge >= 0.3 is 0 Å². The molecule has 0 atom stereocenters. The van der Waals surface area contributed by atoms with Crippen molar-refractivity contribution in [3.8, 4) is 0 Å². The molecule has 0 bridgehead atoms. The first kappa shape index (κ1) is 18.9. The van der Waals surface area contributed by atoms with Gasteiger partial charge in [0.05, 0.1) is 13.6 Å². The first-order chi connectivity index (χ1) is 10.9. The molecule has 0 fully saturated rings. The van der Waals surface area contributed by atoms with E-state index in [0.717, 1.165) is 24.5 Å². The highest BCUT2D eigenvalue weighted by Gasteiger charge is 2.21. The third kappa shape index (κ3) is 8.17. The maximum Gasteiger partial charge on any atom is 0.104 e. The smallest absolute Gasteiger partial charge is 0.104 e. The topological polar surface area (TPSA) is 40.1 Å². The van der Waals surface area contributed by atoms with Crippen LogP contribution < -0.4 is 5.11 Å². The third-order valence-electron chi connectivity index (χ3n) is 3.58. The van der Waals surface area contributed by atoms with Gasteiger partial charge in [-0.15, -0.1) is 0 Å². The van der Waals surface area contributed by atoms with Crippen LogP contribution in [0.5, 0.6) is 0 Å². The molecule has 2 aromatic carbocycles. The number of carbonyl (C=O) groups is 1. The minimum Gasteiger partial charge on any atom is -0.550 e. The molecule has 0 saturated heterocycles. The summed E-state index contributed by atoms with van der Waals surface area (Å²) in [6, 6.07) is 21.6. The number of quaternary nitrogens is 1. The van der Waals surface area contributed by atoms with Crippen molar-refractivity contribution >= 4 is 5.97 Å². The Balaban J connectivity index is 0.000000593. The lowest BCUT2D eigenvalue weighted by Gasteiger charge is -2.34. The summed E-state index contributed by atoms with van der Waals surface area (Å²) < 4.78 is 1.07. The van der Waals surface area contributed by atoms with E-state index in [1.165, 1.54) is 24.1 Å². The van der Waals surface area contributed by atoms with Crippen molar-refractivity contribution in [1.82, 2.24) is 0 Å². The highest BCUT2D eigenvalue weighted by Crippen LogP contribution is 2.17. The fourth-order valence-corrected chi connectivity index (χ4v) is 2.80. The molecular weight excluding hydrogens is 286 g/mol. The van der Waals surface area contributed by atoms with E-state index in [9.17, 15) is 0 Å². The highest BCUT2D eigenvalue weighted by atomic mass is 16.4. The molecule has 3 nitrogen and oxygen atoms in total. The van der Waals surface area contributed by atoms with E-state index < -0.39 is 5.97 Å². The Kier molecular flexibility index (Phi) is 8.06. The zero-order valence-corrected chi connectivity index (χ0v) is 14.4. The quantitative estimate of drug-likeness (QED) is 0.769. The van der Waals surface area contributed by atoms with Crippen LogP contribution in [-0.4, -0.2) is 24.0 Å². The number of carboxylic acid groups (broad SMARTS) is 1. The second-order valence-corrected chi connectivity index (χ2v) is 6.12. The molecule has 2 rings (SSSR count). The molecule has 0 aliphatic rings. The molecule has 0 spiro atoms. The van der Waals surface area contributed by atoms with Gasteiger partial charge < -0.3 is 14.4 Å². The highest BCUT2D eigenvalue weighted by molar-refractivity contribution is 5.60. The van der Waals surface area contributed by atoms with Crippen LogP contribution in [0.3, 0.4) is 0 Å². The summed E-state index contributed by atoms with van der Waals surface area (Å²) in [4.78, 5) is 8.89. The predicted octanol–water partition coefficient (Wildman–Crippen LogP) is 3.00. The van der Waals surface area contributed by atoms with Gasteiger partial charge in [0.2, 0.25) is 0 Å². The van der Waals surface area contributed by atoms with Gasteiger partial charge in [-0.25, -0.2) is 0 Å². The van der Waals surface area contributed by atoms with Crippen molar-refractivity contribution in [3.63, 3.8) is 0 Å². The van der Waals surface area contributed by atoms with Crippen LogP contribution >= 0.6 is 0 Å². The van der Waals surface area contributed by atoms with Crippen LogP contribution in [0.1, 0.15) is 31.4 Å². The second-order valence-electron chi connectivity index (χ2n) is 6.12. The molecule has 0 amide bonds. The number of benzene rings is 2. The Morgan fingerprint density at radius 2 is 1.26 bits per heavy atom. The molecule has 0 N–H and O–H groups in total. The van der Waals surface area contributed by atoms with Gasteiger partial charge in [-0.3, -0.25) is 0 Å². The fourth-order valence-electron chi connectivity index (χ4n) is 2.80. The van der Waals surface area contributed by atoms with Crippen molar-refractivity contribution in [2.75, 3.05) is 13.6 Å². The number of hydrogen-bond acceptors (Lipinski definition) is 2. The summed E-state index contributed by atoms with van der Waals surface area (Å²) in [5.41, 5.74) is 2.85. The number of carboxylic acids is 1. The van der Waals surface area contributed by atoms with Gasteiger partial charge in [0.15, 0.2) is 0 Å². The minimum atomic E-state index is -1.08. The zero-order chi connectivity index (χ0) is 17.1. The Hall–Kier alpha value is -2.13. The molecule has 0 radical (unpaired) electrons. The van der Waals surface area contributed by atoms with Crippen molar-refractivity contribution in [3.05, 3.63) is 71.8 Å². The molecule has 124 valence electrons. The lowest BCUT2D eigenvalue weighted by molar-refractivity contribution is -0.935. The predicted molar refractivity (Wildman–Crippen MR) is 92.3 cm³/mol. The molecule has 0 saturated carbocycles. The number of rotatable bonds is 6. The van der Waals surface area contributed by atoms with Crippen LogP contribution in [0.2, 0.25) is 0 Å². The van der Waals surface area contributed by atoms with Crippen molar-refractivity contribution in [2.24, 2.45) is 0 Å². The molecular formula is C20H27NO2. The molecule has 0 aliphatic carbocycles. The molecule has 23 heavy (non-hydrogen) atoms. The van der Waals surface area contributed by atoms with E-state index in [0.29, 0.717) is 0 Å². The van der Waals surface area contributed by atoms with E-state index >= 15 is 0 Å². The standard InChI is InChI=1S/C18H24N.C2H4O2/c1-3-14-19(2,15-17-10-6-4-7-11-17)16-18-12-8-5-9-13-18;1-2(3)4/h4-13H,3,14-16H2,1-2H3;1H3,(H,3,4)/q+1;/p-1. The van der Waals surface area contributed by atoms with Crippen LogP contribution in [0.15, 0.2) is 60.7 Å². The zero-order valence-electron chi connectivity index (χ0n) is 14.4. The number of hydrogen-bond donors (Lipinski definition) is 0. The van der Waals surface area contributed by atoms with Gasteiger partial charge in [0.1, 0.15) is 13.1 Å². The van der Waals surface area contributed by atoms with Gasteiger partial charge in [-0.05, 0) is 13.3 Å². The molecule has 0 aromatic heterocycles. The summed E-state index contributed by atoms with van der Waals surface area (Å²) >= 11 is 0. The van der Waals surface area contributed by atoms with Gasteiger partial charge in [-0.1, -0.05) is 67.6 Å². The van der Waals surface area contributed by atoms with Crippen molar-refractivity contribution in [2.45, 2.75) is 33.4 Å². The summed E-state index contributed by atoms with van der Waals surface area (Å²) in [6.07, 6.45) is 1.22. The summed E-state index contributed by atoms with van der Waals surface area (Å²) in [5.74, 6) is -1.08. The van der Waals surface area contributed by atoms with E-state index in [1.807, 2.05) is 0 Å². The first-order valence-corrected chi connectivity index (χ1v) is 8.04. The largest absolute Gasteiger partial charge is 0.550 e. The maximum atomic E-state index is 8.89. The minimum absolute atomic E-state index is 0.972. The van der Waals surface area contributed by atoms with E-state index in [1.54, 1.807) is 0 Å². The lowest BCUT2D eigenvalue weighted by atomic mass is 10.1. The second kappa shape index (κ2) is 9.80. The average molecular weight is 313 g/mol. The van der Waals surface area contributed by atoms with Crippen molar-refractivity contribution < 1.29 is 14.4 Å². The molecule has 3 heteroatoms. The number of nitrogens with zero attached hydrogens (tertiary/aromatic N) is 1. The molecule has 0 aliphatic heterocycles. The van der Waals surface area contributed by atoms with Crippen molar-refractivity contribution in [1.29, 1.82) is 0 Å². The summed E-state index contributed by atoms with van der Waals surface area (Å²) in [7, 11) is 2.36. The van der Waals surface area contributed by atoms with Gasteiger partial charge in [0.25, 0.3) is 0 Å². The van der Waals surface area contributed by atoms with Crippen LogP contribution in [0.25, 0.3) is 0 Å². The van der Waals surface area contributed by atoms with Gasteiger partial charge in [-0.2, -0.15) is 0 Å². The van der Waals surface area contributed by atoms with Crippen LogP contribution in [0.4, 0.5) is 0 Å². The van der Waals surface area contributed by atoms with E-state index in [2.05, 4.69) is 74.6 Å². The third-order valence-corrected chi connectivity index (χ3v) is 3.58. The van der Waals surface area contributed by atoms with Crippen LogP contribution in [0, 0.1) is 0 Å². The summed E-state index contributed by atoms with van der Waals surface area (Å²) in [5, 5.41) is 8.89. The lowest BCUT2D eigenvalue weighted by Crippen LogP contribution is -2.43.